The molecule has 0 aliphatic carbocycles. The maximum absolute atomic E-state index is 6.07. The zero-order valence-electron chi connectivity index (χ0n) is 13.0. The van der Waals surface area contributed by atoms with Crippen molar-refractivity contribution in [2.75, 3.05) is 18.2 Å². The first-order valence-corrected chi connectivity index (χ1v) is 9.09. The predicted molar refractivity (Wildman–Crippen MR) is 95.6 cm³/mol. The molecule has 0 radical (unpaired) electrons. The summed E-state index contributed by atoms with van der Waals surface area (Å²) >= 11 is 3.13. The number of hydrogen-bond acceptors (Lipinski definition) is 6. The second-order valence-electron chi connectivity index (χ2n) is 5.12. The molecule has 0 saturated heterocycles. The molecule has 5 nitrogen and oxygen atoms in total. The second kappa shape index (κ2) is 7.06. The van der Waals surface area contributed by atoms with Gasteiger partial charge in [0, 0.05) is 5.75 Å². The number of nitrogen functional groups attached to an aromatic ring is 1. The molecule has 0 fully saturated rings. The molecule has 3 aromatic rings. The second-order valence-corrected chi connectivity index (χ2v) is 7.13. The maximum atomic E-state index is 6.07. The summed E-state index contributed by atoms with van der Waals surface area (Å²) < 4.78 is 7.38. The average Bonchev–Trinajstić information content (AvgIpc) is 3.17. The minimum atomic E-state index is 0.593. The van der Waals surface area contributed by atoms with Gasteiger partial charge in [0.1, 0.15) is 5.75 Å². The van der Waals surface area contributed by atoms with Gasteiger partial charge in [0.2, 0.25) is 5.16 Å². The van der Waals surface area contributed by atoms with Crippen LogP contribution in [0.2, 0.25) is 0 Å². The number of nitrogens with two attached hydrogens (primary N) is 1. The summed E-state index contributed by atoms with van der Waals surface area (Å²) in [6, 6.07) is 10.2. The highest BCUT2D eigenvalue weighted by molar-refractivity contribution is 7.99. The van der Waals surface area contributed by atoms with Crippen molar-refractivity contribution in [3.63, 3.8) is 0 Å². The highest BCUT2D eigenvalue weighted by Gasteiger charge is 2.12. The minimum Gasteiger partial charge on any atom is -0.492 e. The average molecular weight is 346 g/mol. The van der Waals surface area contributed by atoms with Crippen LogP contribution in [0, 0.1) is 13.8 Å². The van der Waals surface area contributed by atoms with Crippen molar-refractivity contribution >= 4 is 23.1 Å². The molecular formula is C16H18N4OS2. The summed E-state index contributed by atoms with van der Waals surface area (Å²) in [5.74, 6) is 8.45. The first-order valence-electron chi connectivity index (χ1n) is 7.22. The smallest absolute Gasteiger partial charge is 0.210 e. The van der Waals surface area contributed by atoms with E-state index in [1.165, 1.54) is 22.0 Å². The van der Waals surface area contributed by atoms with Crippen molar-refractivity contribution in [2.24, 2.45) is 0 Å². The summed E-state index contributed by atoms with van der Waals surface area (Å²) in [4.78, 5) is 1.01. The van der Waals surface area contributed by atoms with Crippen molar-refractivity contribution in [1.82, 2.24) is 14.9 Å². The van der Waals surface area contributed by atoms with E-state index in [2.05, 4.69) is 35.3 Å². The number of rotatable bonds is 6. The van der Waals surface area contributed by atoms with E-state index in [-0.39, 0.29) is 0 Å². The van der Waals surface area contributed by atoms with Crippen LogP contribution in [0.5, 0.6) is 5.75 Å². The Morgan fingerprint density at radius 3 is 2.91 bits per heavy atom. The van der Waals surface area contributed by atoms with E-state index in [0.717, 1.165) is 21.9 Å². The fourth-order valence-corrected chi connectivity index (χ4v) is 3.48. The summed E-state index contributed by atoms with van der Waals surface area (Å²) in [5.41, 5.74) is 2.34. The Hall–Kier alpha value is -1.99. The lowest BCUT2D eigenvalue weighted by atomic mass is 10.1. The maximum Gasteiger partial charge on any atom is 0.210 e. The molecule has 23 heavy (non-hydrogen) atoms. The fraction of sp³-hybridized carbons (Fsp3) is 0.250. The standard InChI is InChI=1S/C16H18N4OS2/c1-11-5-6-12(2)13(10-11)21-7-9-23-16-19-18-15(20(16)17)14-4-3-8-22-14/h3-6,8,10H,7,9,17H2,1-2H3. The van der Waals surface area contributed by atoms with Crippen LogP contribution in [-0.4, -0.2) is 27.2 Å². The fourth-order valence-electron chi connectivity index (χ4n) is 2.10. The topological polar surface area (TPSA) is 66.0 Å². The van der Waals surface area contributed by atoms with Crippen LogP contribution in [0.15, 0.2) is 40.9 Å². The van der Waals surface area contributed by atoms with E-state index in [1.54, 1.807) is 11.3 Å². The molecule has 0 spiro atoms. The summed E-state index contributed by atoms with van der Waals surface area (Å²) in [6.45, 7) is 4.70. The third-order valence-electron chi connectivity index (χ3n) is 3.32. The molecule has 0 amide bonds. The Labute approximate surface area is 143 Å². The van der Waals surface area contributed by atoms with Crippen LogP contribution in [-0.2, 0) is 0 Å². The molecule has 0 bridgehead atoms. The Balaban J connectivity index is 1.56. The Kier molecular flexibility index (Phi) is 4.88. The first kappa shape index (κ1) is 15.9. The summed E-state index contributed by atoms with van der Waals surface area (Å²) in [7, 11) is 0. The van der Waals surface area contributed by atoms with Crippen LogP contribution < -0.4 is 10.6 Å². The van der Waals surface area contributed by atoms with E-state index in [4.69, 9.17) is 10.6 Å². The van der Waals surface area contributed by atoms with Crippen LogP contribution in [0.3, 0.4) is 0 Å². The number of benzene rings is 1. The quantitative estimate of drug-likeness (QED) is 0.420. The Morgan fingerprint density at radius 2 is 2.13 bits per heavy atom. The number of ether oxygens (including phenoxy) is 1. The van der Waals surface area contributed by atoms with E-state index in [9.17, 15) is 0 Å². The zero-order valence-corrected chi connectivity index (χ0v) is 14.7. The molecule has 0 saturated carbocycles. The van der Waals surface area contributed by atoms with Crippen LogP contribution in [0.25, 0.3) is 10.7 Å². The molecule has 1 aromatic carbocycles. The monoisotopic (exact) mass is 346 g/mol. The van der Waals surface area contributed by atoms with Gasteiger partial charge in [-0.1, -0.05) is 30.0 Å². The lowest BCUT2D eigenvalue weighted by Gasteiger charge is -2.09. The van der Waals surface area contributed by atoms with Crippen LogP contribution in [0.4, 0.5) is 0 Å². The van der Waals surface area contributed by atoms with Gasteiger partial charge in [-0.25, -0.2) is 4.68 Å². The number of thiophene rings is 1. The normalized spacial score (nSPS) is 10.9. The van der Waals surface area contributed by atoms with E-state index >= 15 is 0 Å². The number of aryl methyl sites for hydroxylation is 2. The molecule has 0 atom stereocenters. The van der Waals surface area contributed by atoms with Crippen LogP contribution >= 0.6 is 23.1 Å². The largest absolute Gasteiger partial charge is 0.492 e. The van der Waals surface area contributed by atoms with Gasteiger partial charge in [-0.15, -0.1) is 21.5 Å². The Bertz CT molecular complexity index is 783. The van der Waals surface area contributed by atoms with Gasteiger partial charge in [0.25, 0.3) is 0 Å². The molecule has 0 unspecified atom stereocenters. The third-order valence-corrected chi connectivity index (χ3v) is 5.09. The predicted octanol–water partition coefficient (Wildman–Crippen LogP) is 3.51. The number of hydrogen-bond donors (Lipinski definition) is 1. The molecule has 7 heteroatoms. The molecule has 2 aromatic heterocycles. The van der Waals surface area contributed by atoms with Crippen molar-refractivity contribution in [2.45, 2.75) is 19.0 Å². The zero-order chi connectivity index (χ0) is 16.2. The van der Waals surface area contributed by atoms with Gasteiger partial charge >= 0.3 is 0 Å². The molecule has 0 aliphatic rings. The van der Waals surface area contributed by atoms with E-state index < -0.39 is 0 Å². The van der Waals surface area contributed by atoms with E-state index in [1.807, 2.05) is 24.4 Å². The van der Waals surface area contributed by atoms with Crippen molar-refractivity contribution in [3.05, 3.63) is 46.8 Å². The van der Waals surface area contributed by atoms with Gasteiger partial charge in [-0.3, -0.25) is 0 Å². The molecular weight excluding hydrogens is 328 g/mol. The van der Waals surface area contributed by atoms with E-state index in [0.29, 0.717) is 17.6 Å². The Morgan fingerprint density at radius 1 is 1.26 bits per heavy atom. The van der Waals surface area contributed by atoms with Crippen molar-refractivity contribution in [3.8, 4) is 16.5 Å². The van der Waals surface area contributed by atoms with Crippen molar-refractivity contribution in [1.29, 1.82) is 0 Å². The van der Waals surface area contributed by atoms with Crippen molar-refractivity contribution < 1.29 is 4.74 Å². The highest BCUT2D eigenvalue weighted by Crippen LogP contribution is 2.25. The van der Waals surface area contributed by atoms with Gasteiger partial charge < -0.3 is 10.6 Å². The molecule has 0 aliphatic heterocycles. The lowest BCUT2D eigenvalue weighted by Crippen LogP contribution is -2.12. The third kappa shape index (κ3) is 3.68. The van der Waals surface area contributed by atoms with Crippen LogP contribution in [0.1, 0.15) is 11.1 Å². The van der Waals surface area contributed by atoms with Gasteiger partial charge in [-0.05, 0) is 42.5 Å². The van der Waals surface area contributed by atoms with Gasteiger partial charge in [0.05, 0.1) is 11.5 Å². The number of nitrogens with zero attached hydrogens (tertiary/aromatic N) is 3. The summed E-state index contributed by atoms with van der Waals surface area (Å²) in [5, 5.41) is 11.0. The molecule has 3 rings (SSSR count). The molecule has 120 valence electrons. The van der Waals surface area contributed by atoms with Gasteiger partial charge in [-0.2, -0.15) is 0 Å². The SMILES string of the molecule is Cc1ccc(C)c(OCCSc2nnc(-c3cccs3)n2N)c1. The number of aromatic nitrogens is 3. The van der Waals surface area contributed by atoms with Gasteiger partial charge in [0.15, 0.2) is 5.82 Å². The minimum absolute atomic E-state index is 0.593. The number of thioether (sulfide) groups is 1. The highest BCUT2D eigenvalue weighted by atomic mass is 32.2. The lowest BCUT2D eigenvalue weighted by molar-refractivity contribution is 0.341. The summed E-state index contributed by atoms with van der Waals surface area (Å²) in [6.07, 6.45) is 0. The molecule has 2 heterocycles. The molecule has 2 N–H and O–H groups in total. The first-order chi connectivity index (χ1) is 11.1.